The third-order valence-corrected chi connectivity index (χ3v) is 3.69. The van der Waals surface area contributed by atoms with E-state index in [2.05, 4.69) is 30.7 Å². The van der Waals surface area contributed by atoms with Gasteiger partial charge in [0.2, 0.25) is 5.28 Å². The Morgan fingerprint density at radius 3 is 2.61 bits per heavy atom. The number of hydrogen-bond acceptors (Lipinski definition) is 5. The van der Waals surface area contributed by atoms with Gasteiger partial charge in [-0.15, -0.1) is 0 Å². The minimum absolute atomic E-state index is 0.0294. The van der Waals surface area contributed by atoms with Crippen LogP contribution < -0.4 is 4.90 Å². The normalized spacial score (nSPS) is 13.4. The van der Waals surface area contributed by atoms with Gasteiger partial charge in [-0.1, -0.05) is 20.8 Å². The maximum Gasteiger partial charge on any atom is 0.224 e. The lowest BCUT2D eigenvalue weighted by molar-refractivity contribution is 0.165. The molecule has 1 unspecified atom stereocenters. The number of halogens is 1. The molecule has 0 aliphatic rings. The van der Waals surface area contributed by atoms with E-state index in [0.29, 0.717) is 5.82 Å². The molecular formula is C12H20ClN3O2. The van der Waals surface area contributed by atoms with Crippen LogP contribution >= 0.6 is 11.6 Å². The van der Waals surface area contributed by atoms with Crippen LogP contribution in [0.1, 0.15) is 27.2 Å². The number of aliphatic hydroxyl groups is 1. The standard InChI is InChI=1S/C12H20ClN3O2/c1-5-12(2,3)9(7-17)16(4)10-8(18)6-14-11(13)15-10/h6,9,17-18H,5,7H2,1-4H3. The second kappa shape index (κ2) is 5.71. The molecule has 0 saturated heterocycles. The Hall–Kier alpha value is -1.07. The zero-order valence-corrected chi connectivity index (χ0v) is 11.9. The molecule has 0 bridgehead atoms. The Bertz CT molecular complexity index is 412. The second-order valence-electron chi connectivity index (χ2n) is 5.00. The first-order valence-corrected chi connectivity index (χ1v) is 6.26. The van der Waals surface area contributed by atoms with Gasteiger partial charge < -0.3 is 15.1 Å². The van der Waals surface area contributed by atoms with Gasteiger partial charge in [0, 0.05) is 7.05 Å². The van der Waals surface area contributed by atoms with Crippen LogP contribution in [0, 0.1) is 5.41 Å². The molecule has 0 spiro atoms. The van der Waals surface area contributed by atoms with Gasteiger partial charge in [-0.05, 0) is 23.4 Å². The number of rotatable bonds is 5. The summed E-state index contributed by atoms with van der Waals surface area (Å²) in [5, 5.41) is 19.4. The molecular weight excluding hydrogens is 254 g/mol. The van der Waals surface area contributed by atoms with E-state index >= 15 is 0 Å². The molecule has 0 fully saturated rings. The minimum atomic E-state index is -0.167. The number of aliphatic hydroxyl groups excluding tert-OH is 1. The molecule has 0 aromatic carbocycles. The maximum atomic E-state index is 9.78. The van der Waals surface area contributed by atoms with Crippen molar-refractivity contribution in [1.29, 1.82) is 0 Å². The predicted molar refractivity (Wildman–Crippen MR) is 72.1 cm³/mol. The van der Waals surface area contributed by atoms with Crippen molar-refractivity contribution in [3.63, 3.8) is 0 Å². The lowest BCUT2D eigenvalue weighted by Gasteiger charge is -2.39. The molecule has 1 atom stereocenters. The average Bonchev–Trinajstić information content (AvgIpc) is 2.32. The van der Waals surface area contributed by atoms with Gasteiger partial charge in [-0.2, -0.15) is 4.98 Å². The van der Waals surface area contributed by atoms with E-state index in [1.165, 1.54) is 6.20 Å². The molecule has 0 amide bonds. The van der Waals surface area contributed by atoms with Crippen LogP contribution in [0.15, 0.2) is 6.20 Å². The highest BCUT2D eigenvalue weighted by Gasteiger charge is 2.32. The summed E-state index contributed by atoms with van der Waals surface area (Å²) in [6.07, 6.45) is 2.15. The zero-order valence-electron chi connectivity index (χ0n) is 11.2. The minimum Gasteiger partial charge on any atom is -0.503 e. The monoisotopic (exact) mass is 273 g/mol. The molecule has 18 heavy (non-hydrogen) atoms. The Balaban J connectivity index is 3.11. The topological polar surface area (TPSA) is 69.5 Å². The summed E-state index contributed by atoms with van der Waals surface area (Å²) in [4.78, 5) is 9.46. The fourth-order valence-electron chi connectivity index (χ4n) is 1.88. The average molecular weight is 274 g/mol. The van der Waals surface area contributed by atoms with Gasteiger partial charge >= 0.3 is 0 Å². The van der Waals surface area contributed by atoms with Gasteiger partial charge in [0.15, 0.2) is 11.6 Å². The highest BCUT2D eigenvalue weighted by molar-refractivity contribution is 6.28. The van der Waals surface area contributed by atoms with Crippen molar-refractivity contribution in [3.05, 3.63) is 11.5 Å². The van der Waals surface area contributed by atoms with Crippen molar-refractivity contribution in [1.82, 2.24) is 9.97 Å². The van der Waals surface area contributed by atoms with Gasteiger partial charge in [0.25, 0.3) is 0 Å². The Morgan fingerprint density at radius 2 is 2.11 bits per heavy atom. The summed E-state index contributed by atoms with van der Waals surface area (Å²) < 4.78 is 0. The van der Waals surface area contributed by atoms with Gasteiger partial charge in [-0.25, -0.2) is 4.98 Å². The molecule has 1 heterocycles. The van der Waals surface area contributed by atoms with Gasteiger partial charge in [0.1, 0.15) is 0 Å². The number of anilines is 1. The molecule has 1 rings (SSSR count). The first-order valence-electron chi connectivity index (χ1n) is 5.88. The van der Waals surface area contributed by atoms with Crippen LogP contribution in [0.4, 0.5) is 5.82 Å². The van der Waals surface area contributed by atoms with Crippen LogP contribution in [0.5, 0.6) is 5.75 Å². The number of aromatic nitrogens is 2. The van der Waals surface area contributed by atoms with Crippen molar-refractivity contribution in [2.45, 2.75) is 33.2 Å². The van der Waals surface area contributed by atoms with Crippen molar-refractivity contribution < 1.29 is 10.2 Å². The smallest absolute Gasteiger partial charge is 0.224 e. The Labute approximate surface area is 112 Å². The second-order valence-corrected chi connectivity index (χ2v) is 5.34. The largest absolute Gasteiger partial charge is 0.503 e. The van der Waals surface area contributed by atoms with E-state index in [0.717, 1.165) is 6.42 Å². The Kier molecular flexibility index (Phi) is 4.76. The van der Waals surface area contributed by atoms with Crippen molar-refractivity contribution >= 4 is 17.4 Å². The van der Waals surface area contributed by atoms with Crippen LogP contribution in [0.2, 0.25) is 5.28 Å². The summed E-state index contributed by atoms with van der Waals surface area (Å²) in [5.74, 6) is 0.280. The summed E-state index contributed by atoms with van der Waals surface area (Å²) in [7, 11) is 1.77. The number of aromatic hydroxyl groups is 1. The molecule has 1 aromatic heterocycles. The van der Waals surface area contributed by atoms with Crippen LogP contribution in [0.3, 0.4) is 0 Å². The number of nitrogens with zero attached hydrogens (tertiary/aromatic N) is 3. The van der Waals surface area contributed by atoms with Crippen molar-refractivity contribution in [2.24, 2.45) is 5.41 Å². The van der Waals surface area contributed by atoms with E-state index < -0.39 is 0 Å². The van der Waals surface area contributed by atoms with Gasteiger partial charge in [-0.3, -0.25) is 0 Å². The molecule has 5 nitrogen and oxygen atoms in total. The first-order chi connectivity index (χ1) is 8.33. The lowest BCUT2D eigenvalue weighted by Crippen LogP contribution is -2.46. The molecule has 0 radical (unpaired) electrons. The maximum absolute atomic E-state index is 9.78. The van der Waals surface area contributed by atoms with Crippen molar-refractivity contribution in [2.75, 3.05) is 18.6 Å². The predicted octanol–water partition coefficient (Wildman–Crippen LogP) is 2.07. The van der Waals surface area contributed by atoms with Crippen LogP contribution in [-0.2, 0) is 0 Å². The third-order valence-electron chi connectivity index (χ3n) is 3.51. The molecule has 2 N–H and O–H groups in total. The molecule has 6 heteroatoms. The summed E-state index contributed by atoms with van der Waals surface area (Å²) >= 11 is 5.73. The van der Waals surface area contributed by atoms with E-state index in [1.54, 1.807) is 11.9 Å². The lowest BCUT2D eigenvalue weighted by atomic mass is 9.81. The molecule has 0 saturated carbocycles. The van der Waals surface area contributed by atoms with E-state index in [-0.39, 0.29) is 29.1 Å². The summed E-state index contributed by atoms with van der Waals surface area (Å²) in [5.41, 5.74) is -0.118. The first kappa shape index (κ1) is 15.0. The Morgan fingerprint density at radius 1 is 1.50 bits per heavy atom. The highest BCUT2D eigenvalue weighted by atomic mass is 35.5. The fraction of sp³-hybridized carbons (Fsp3) is 0.667. The molecule has 0 aliphatic carbocycles. The SMILES string of the molecule is CCC(C)(C)C(CO)N(C)c1nc(Cl)ncc1O. The molecule has 0 aliphatic heterocycles. The van der Waals surface area contributed by atoms with E-state index in [4.69, 9.17) is 11.6 Å². The summed E-state index contributed by atoms with van der Waals surface area (Å²) in [6.45, 7) is 6.15. The van der Waals surface area contributed by atoms with Crippen molar-refractivity contribution in [3.8, 4) is 5.75 Å². The van der Waals surface area contributed by atoms with Gasteiger partial charge in [0.05, 0.1) is 18.8 Å². The van der Waals surface area contributed by atoms with Crippen LogP contribution in [0.25, 0.3) is 0 Å². The fourth-order valence-corrected chi connectivity index (χ4v) is 2.01. The third kappa shape index (κ3) is 3.03. The quantitative estimate of drug-likeness (QED) is 0.804. The summed E-state index contributed by atoms with van der Waals surface area (Å²) in [6, 6.07) is -0.167. The number of likely N-dealkylation sites (N-methyl/N-ethyl adjacent to an activating group) is 1. The molecule has 102 valence electrons. The van der Waals surface area contributed by atoms with E-state index in [9.17, 15) is 10.2 Å². The number of hydrogen-bond donors (Lipinski definition) is 2. The van der Waals surface area contributed by atoms with Crippen LogP contribution in [-0.4, -0.2) is 39.9 Å². The highest BCUT2D eigenvalue weighted by Crippen LogP contribution is 2.33. The zero-order chi connectivity index (χ0) is 13.9. The van der Waals surface area contributed by atoms with E-state index in [1.807, 2.05) is 0 Å². The molecule has 1 aromatic rings.